The van der Waals surface area contributed by atoms with Gasteiger partial charge in [-0.15, -0.1) is 11.3 Å². The molecule has 3 rings (SSSR count). The molecule has 2 aromatic heterocycles. The van der Waals surface area contributed by atoms with Gasteiger partial charge in [0.15, 0.2) is 0 Å². The maximum atomic E-state index is 8.73. The molecule has 0 aliphatic heterocycles. The van der Waals surface area contributed by atoms with Crippen LogP contribution in [0.2, 0.25) is 0 Å². The molecule has 0 N–H and O–H groups in total. The van der Waals surface area contributed by atoms with Crippen LogP contribution in [0, 0.1) is 17.9 Å². The van der Waals surface area contributed by atoms with Crippen LogP contribution in [0.5, 0.6) is 0 Å². The number of allylic oxidation sites excluding steroid dienone is 1. The van der Waals surface area contributed by atoms with Gasteiger partial charge in [0.25, 0.3) is 5.70 Å². The summed E-state index contributed by atoms with van der Waals surface area (Å²) in [5, 5.41) is 10.9. The Kier molecular flexibility index (Phi) is 2.95. The van der Waals surface area contributed by atoms with E-state index in [1.807, 2.05) is 12.1 Å². The number of fused-ring (bicyclic) bond motifs is 1. The zero-order valence-corrected chi connectivity index (χ0v) is 11.0. The molecule has 4 heteroatoms. The summed E-state index contributed by atoms with van der Waals surface area (Å²) in [5.41, 5.74) is 2.88. The van der Waals surface area contributed by atoms with E-state index >= 15 is 0 Å². The number of furan rings is 1. The molecule has 0 aromatic carbocycles. The lowest BCUT2D eigenvalue weighted by Gasteiger charge is -1.96. The first-order valence-electron chi connectivity index (χ1n) is 6.00. The number of hydrogen-bond acceptors (Lipinski definition) is 3. The third kappa shape index (κ3) is 2.07. The number of rotatable bonds is 2. The molecule has 0 bridgehead atoms. The Morgan fingerprint density at radius 1 is 1.47 bits per heavy atom. The van der Waals surface area contributed by atoms with Gasteiger partial charge in [-0.3, -0.25) is 0 Å². The highest BCUT2D eigenvalue weighted by atomic mass is 32.1. The molecule has 0 fully saturated rings. The van der Waals surface area contributed by atoms with Crippen LogP contribution in [-0.4, -0.2) is 0 Å². The van der Waals surface area contributed by atoms with Crippen molar-refractivity contribution in [1.29, 1.82) is 5.26 Å². The minimum absolute atomic E-state index is 0.0392. The van der Waals surface area contributed by atoms with Crippen molar-refractivity contribution < 1.29 is 4.42 Å². The molecule has 2 aromatic rings. The van der Waals surface area contributed by atoms with Gasteiger partial charge in [0.05, 0.1) is 17.5 Å². The molecule has 0 amide bonds. The highest BCUT2D eigenvalue weighted by Crippen LogP contribution is 2.38. The van der Waals surface area contributed by atoms with Crippen molar-refractivity contribution in [2.24, 2.45) is 0 Å². The number of aryl methyl sites for hydroxylation is 1. The minimum Gasteiger partial charge on any atom is -0.457 e. The normalized spacial score (nSPS) is 13.9. The Bertz CT molecular complexity index is 721. The van der Waals surface area contributed by atoms with Crippen molar-refractivity contribution in [2.45, 2.75) is 19.3 Å². The summed E-state index contributed by atoms with van der Waals surface area (Å²) in [7, 11) is 0. The molecular formula is C15H10N2OS. The quantitative estimate of drug-likeness (QED) is 0.601. The Hall–Kier alpha value is -2.30. The van der Waals surface area contributed by atoms with E-state index in [0.717, 1.165) is 18.6 Å². The van der Waals surface area contributed by atoms with Crippen LogP contribution in [0.4, 0.5) is 0 Å². The van der Waals surface area contributed by atoms with Crippen LogP contribution >= 0.6 is 11.3 Å². The van der Waals surface area contributed by atoms with Crippen LogP contribution in [0.15, 0.2) is 27.6 Å². The van der Waals surface area contributed by atoms with Crippen molar-refractivity contribution in [3.63, 3.8) is 0 Å². The third-order valence-corrected chi connectivity index (χ3v) is 4.30. The average molecular weight is 266 g/mol. The first-order chi connectivity index (χ1) is 9.31. The summed E-state index contributed by atoms with van der Waals surface area (Å²) in [6.07, 6.45) is 4.97. The SMILES string of the molecule is [C-]#[N+]/C(C#N)=C/c1ccc(-c2scc3c2CCC3)o1. The van der Waals surface area contributed by atoms with Gasteiger partial charge in [0, 0.05) is 0 Å². The van der Waals surface area contributed by atoms with E-state index < -0.39 is 0 Å². The fourth-order valence-corrected chi connectivity index (χ4v) is 3.46. The lowest BCUT2D eigenvalue weighted by atomic mass is 10.2. The van der Waals surface area contributed by atoms with Gasteiger partial charge in [-0.1, -0.05) is 0 Å². The second-order valence-corrected chi connectivity index (χ2v) is 5.26. The van der Waals surface area contributed by atoms with E-state index in [9.17, 15) is 0 Å². The van der Waals surface area contributed by atoms with Crippen molar-refractivity contribution in [3.05, 3.63) is 51.5 Å². The summed E-state index contributed by atoms with van der Waals surface area (Å²) in [4.78, 5) is 4.31. The summed E-state index contributed by atoms with van der Waals surface area (Å²) < 4.78 is 5.73. The predicted molar refractivity (Wildman–Crippen MR) is 74.2 cm³/mol. The van der Waals surface area contributed by atoms with Crippen LogP contribution in [0.25, 0.3) is 21.6 Å². The molecule has 2 heterocycles. The second kappa shape index (κ2) is 4.76. The zero-order chi connectivity index (χ0) is 13.2. The largest absolute Gasteiger partial charge is 0.457 e. The topological polar surface area (TPSA) is 41.3 Å². The van der Waals surface area contributed by atoms with Crippen molar-refractivity contribution in [2.75, 3.05) is 0 Å². The lowest BCUT2D eigenvalue weighted by molar-refractivity contribution is 0.572. The number of hydrogen-bond donors (Lipinski definition) is 0. The Labute approximate surface area is 115 Å². The van der Waals surface area contributed by atoms with Gasteiger partial charge < -0.3 is 4.42 Å². The van der Waals surface area contributed by atoms with E-state index in [0.29, 0.717) is 5.76 Å². The summed E-state index contributed by atoms with van der Waals surface area (Å²) in [6, 6.07) is 5.55. The number of thiophene rings is 1. The summed E-state index contributed by atoms with van der Waals surface area (Å²) in [5.74, 6) is 1.39. The molecule has 3 nitrogen and oxygen atoms in total. The van der Waals surface area contributed by atoms with Crippen molar-refractivity contribution in [3.8, 4) is 16.7 Å². The third-order valence-electron chi connectivity index (χ3n) is 3.22. The molecule has 0 saturated carbocycles. The number of nitriles is 1. The van der Waals surface area contributed by atoms with Crippen LogP contribution in [0.1, 0.15) is 23.3 Å². The zero-order valence-electron chi connectivity index (χ0n) is 10.1. The first-order valence-corrected chi connectivity index (χ1v) is 6.88. The maximum Gasteiger partial charge on any atom is 0.265 e. The maximum absolute atomic E-state index is 8.73. The predicted octanol–water partition coefficient (Wildman–Crippen LogP) is 4.28. The van der Waals surface area contributed by atoms with Gasteiger partial charge in [-0.05, 0) is 54.0 Å². The highest BCUT2D eigenvalue weighted by Gasteiger charge is 2.19. The molecule has 1 aliphatic rings. The standard InChI is InChI=1S/C15H10N2OS/c1-17-11(8-16)7-12-5-6-14(18-12)15-13-4-2-3-10(13)9-19-15/h5-7,9H,2-4H2/b11-7+. The number of nitrogens with zero attached hydrogens (tertiary/aromatic N) is 2. The van der Waals surface area contributed by atoms with Gasteiger partial charge in [0.2, 0.25) is 0 Å². The molecule has 92 valence electrons. The molecule has 0 atom stereocenters. The van der Waals surface area contributed by atoms with E-state index in [-0.39, 0.29) is 5.70 Å². The lowest BCUT2D eigenvalue weighted by Crippen LogP contribution is -1.77. The van der Waals surface area contributed by atoms with Gasteiger partial charge in [-0.2, -0.15) is 0 Å². The molecule has 19 heavy (non-hydrogen) atoms. The van der Waals surface area contributed by atoms with E-state index in [2.05, 4.69) is 10.2 Å². The molecular weight excluding hydrogens is 256 g/mol. The minimum atomic E-state index is 0.0392. The monoisotopic (exact) mass is 266 g/mol. The van der Waals surface area contributed by atoms with Crippen molar-refractivity contribution >= 4 is 17.4 Å². The molecule has 0 radical (unpaired) electrons. The summed E-state index contributed by atoms with van der Waals surface area (Å²) >= 11 is 1.71. The Morgan fingerprint density at radius 2 is 2.37 bits per heavy atom. The van der Waals surface area contributed by atoms with Gasteiger partial charge >= 0.3 is 0 Å². The molecule has 1 aliphatic carbocycles. The van der Waals surface area contributed by atoms with E-state index in [1.165, 1.54) is 28.5 Å². The average Bonchev–Trinajstić information content (AvgIpc) is 3.11. The Morgan fingerprint density at radius 3 is 3.16 bits per heavy atom. The first kappa shape index (κ1) is 11.8. The van der Waals surface area contributed by atoms with Crippen LogP contribution < -0.4 is 0 Å². The highest BCUT2D eigenvalue weighted by molar-refractivity contribution is 7.13. The fraction of sp³-hybridized carbons (Fsp3) is 0.200. The van der Waals surface area contributed by atoms with Crippen LogP contribution in [-0.2, 0) is 12.8 Å². The van der Waals surface area contributed by atoms with Crippen LogP contribution in [0.3, 0.4) is 0 Å². The fourth-order valence-electron chi connectivity index (χ4n) is 2.34. The van der Waals surface area contributed by atoms with Gasteiger partial charge in [-0.25, -0.2) is 10.1 Å². The van der Waals surface area contributed by atoms with E-state index in [4.69, 9.17) is 16.3 Å². The molecule has 0 saturated heterocycles. The van der Waals surface area contributed by atoms with E-state index in [1.54, 1.807) is 17.4 Å². The Balaban J connectivity index is 1.96. The smallest absolute Gasteiger partial charge is 0.265 e. The second-order valence-electron chi connectivity index (χ2n) is 4.38. The van der Waals surface area contributed by atoms with Gasteiger partial charge in [0.1, 0.15) is 11.5 Å². The molecule has 0 unspecified atom stereocenters. The van der Waals surface area contributed by atoms with Crippen molar-refractivity contribution in [1.82, 2.24) is 0 Å². The summed E-state index contributed by atoms with van der Waals surface area (Å²) in [6.45, 7) is 6.85. The molecule has 0 spiro atoms.